The lowest BCUT2D eigenvalue weighted by Gasteiger charge is -2.12. The molecule has 0 N–H and O–H groups in total. The second-order valence-electron chi connectivity index (χ2n) is 6.67. The summed E-state index contributed by atoms with van der Waals surface area (Å²) in [6, 6.07) is 19.9. The summed E-state index contributed by atoms with van der Waals surface area (Å²) in [6.45, 7) is 0. The van der Waals surface area contributed by atoms with Crippen molar-refractivity contribution in [3.8, 4) is 45.3 Å². The number of rotatable bonds is 5. The maximum Gasteiger partial charge on any atom is 0.169 e. The maximum absolute atomic E-state index is 5.30. The molecule has 0 atom stereocenters. The second kappa shape index (κ2) is 9.67. The van der Waals surface area contributed by atoms with Gasteiger partial charge in [-0.1, -0.05) is 12.1 Å². The van der Waals surface area contributed by atoms with Crippen molar-refractivity contribution in [2.24, 2.45) is 7.05 Å². The highest BCUT2D eigenvalue weighted by Crippen LogP contribution is 2.33. The SMILES string of the molecule is COc1ccc(-c2cnc(-c3cc[n+](C)cc3)nc2-c2ccc(OC)cc2)cc1.[I-]. The highest BCUT2D eigenvalue weighted by molar-refractivity contribution is 5.81. The minimum atomic E-state index is 0. The number of hydrogen-bond donors (Lipinski definition) is 0. The van der Waals surface area contributed by atoms with Crippen LogP contribution in [-0.2, 0) is 7.05 Å². The first-order valence-electron chi connectivity index (χ1n) is 9.29. The third kappa shape index (κ3) is 4.59. The summed E-state index contributed by atoms with van der Waals surface area (Å²) >= 11 is 0. The number of aryl methyl sites for hydroxylation is 1. The largest absolute Gasteiger partial charge is 1.00 e. The zero-order valence-electron chi connectivity index (χ0n) is 17.0. The van der Waals surface area contributed by atoms with Gasteiger partial charge in [0.2, 0.25) is 0 Å². The Labute approximate surface area is 193 Å². The van der Waals surface area contributed by atoms with Crippen LogP contribution in [0.15, 0.2) is 79.3 Å². The molecule has 2 heterocycles. The quantitative estimate of drug-likeness (QED) is 0.300. The molecule has 6 heteroatoms. The van der Waals surface area contributed by atoms with Crippen molar-refractivity contribution in [3.63, 3.8) is 0 Å². The van der Waals surface area contributed by atoms with Crippen molar-refractivity contribution in [2.45, 2.75) is 0 Å². The Morgan fingerprint density at radius 1 is 0.700 bits per heavy atom. The smallest absolute Gasteiger partial charge is 0.169 e. The Bertz CT molecular complexity index is 1110. The predicted molar refractivity (Wildman–Crippen MR) is 113 cm³/mol. The number of pyridine rings is 1. The van der Waals surface area contributed by atoms with Gasteiger partial charge in [-0.15, -0.1) is 0 Å². The zero-order valence-corrected chi connectivity index (χ0v) is 19.2. The van der Waals surface area contributed by atoms with E-state index in [9.17, 15) is 0 Å². The summed E-state index contributed by atoms with van der Waals surface area (Å²) in [5.74, 6) is 2.31. The number of aromatic nitrogens is 3. The molecule has 5 nitrogen and oxygen atoms in total. The van der Waals surface area contributed by atoms with Gasteiger partial charge in [0.15, 0.2) is 18.2 Å². The molecule has 0 bridgehead atoms. The van der Waals surface area contributed by atoms with Crippen LogP contribution in [0.3, 0.4) is 0 Å². The zero-order chi connectivity index (χ0) is 20.2. The lowest BCUT2D eigenvalue weighted by atomic mass is 10.00. The van der Waals surface area contributed by atoms with Gasteiger partial charge in [0.05, 0.1) is 19.9 Å². The molecule has 2 aromatic heterocycles. The lowest BCUT2D eigenvalue weighted by Crippen LogP contribution is -3.00. The molecule has 0 spiro atoms. The number of hydrogen-bond acceptors (Lipinski definition) is 4. The summed E-state index contributed by atoms with van der Waals surface area (Å²) in [5, 5.41) is 0. The first kappa shape index (κ1) is 21.7. The molecular weight excluding hydrogens is 489 g/mol. The fourth-order valence-corrected chi connectivity index (χ4v) is 3.12. The lowest BCUT2D eigenvalue weighted by molar-refractivity contribution is -0.671. The van der Waals surface area contributed by atoms with E-state index in [4.69, 9.17) is 14.5 Å². The molecule has 0 saturated carbocycles. The molecule has 4 rings (SSSR count). The fourth-order valence-electron chi connectivity index (χ4n) is 3.12. The molecule has 2 aromatic carbocycles. The predicted octanol–water partition coefficient (Wildman–Crippen LogP) is 1.32. The van der Waals surface area contributed by atoms with Gasteiger partial charge >= 0.3 is 0 Å². The Morgan fingerprint density at radius 3 is 1.77 bits per heavy atom. The van der Waals surface area contributed by atoms with E-state index in [0.717, 1.165) is 39.4 Å². The average Bonchev–Trinajstić information content (AvgIpc) is 2.79. The third-order valence-corrected chi connectivity index (χ3v) is 4.79. The number of nitrogens with zero attached hydrogens (tertiary/aromatic N) is 3. The van der Waals surface area contributed by atoms with Crippen molar-refractivity contribution in [3.05, 3.63) is 79.3 Å². The van der Waals surface area contributed by atoms with E-state index in [2.05, 4.69) is 4.98 Å². The van der Waals surface area contributed by atoms with Crippen LogP contribution in [0, 0.1) is 0 Å². The molecule has 0 saturated heterocycles. The fraction of sp³-hybridized carbons (Fsp3) is 0.125. The van der Waals surface area contributed by atoms with Gasteiger partial charge in [0, 0.05) is 35.0 Å². The highest BCUT2D eigenvalue weighted by atomic mass is 127. The summed E-state index contributed by atoms with van der Waals surface area (Å²) in [6.07, 6.45) is 5.86. The summed E-state index contributed by atoms with van der Waals surface area (Å²) in [4.78, 5) is 9.57. The first-order chi connectivity index (χ1) is 14.2. The van der Waals surface area contributed by atoms with Gasteiger partial charge in [0.1, 0.15) is 18.5 Å². The van der Waals surface area contributed by atoms with Crippen LogP contribution in [-0.4, -0.2) is 24.2 Å². The van der Waals surface area contributed by atoms with Crippen molar-refractivity contribution in [1.29, 1.82) is 0 Å². The van der Waals surface area contributed by atoms with E-state index in [1.165, 1.54) is 0 Å². The van der Waals surface area contributed by atoms with E-state index >= 15 is 0 Å². The Morgan fingerprint density at radius 2 is 1.23 bits per heavy atom. The Kier molecular flexibility index (Phi) is 6.99. The maximum atomic E-state index is 5.30. The van der Waals surface area contributed by atoms with E-state index in [1.54, 1.807) is 14.2 Å². The summed E-state index contributed by atoms with van der Waals surface area (Å²) in [7, 11) is 5.31. The Hall–Kier alpha value is -3.00. The molecule has 152 valence electrons. The first-order valence-corrected chi connectivity index (χ1v) is 9.29. The van der Waals surface area contributed by atoms with Crippen LogP contribution in [0.2, 0.25) is 0 Å². The molecular formula is C24H22IN3O2. The topological polar surface area (TPSA) is 48.1 Å². The molecule has 0 aliphatic heterocycles. The molecule has 30 heavy (non-hydrogen) atoms. The molecule has 0 amide bonds. The average molecular weight is 511 g/mol. The number of halogens is 1. The minimum absolute atomic E-state index is 0. The minimum Gasteiger partial charge on any atom is -1.00 e. The van der Waals surface area contributed by atoms with Gasteiger partial charge in [-0.3, -0.25) is 0 Å². The molecule has 0 aliphatic carbocycles. The monoisotopic (exact) mass is 511 g/mol. The van der Waals surface area contributed by atoms with Crippen LogP contribution in [0.1, 0.15) is 0 Å². The van der Waals surface area contributed by atoms with Crippen LogP contribution in [0.25, 0.3) is 33.8 Å². The number of benzene rings is 2. The van der Waals surface area contributed by atoms with Crippen molar-refractivity contribution in [2.75, 3.05) is 14.2 Å². The van der Waals surface area contributed by atoms with Gasteiger partial charge < -0.3 is 33.5 Å². The highest BCUT2D eigenvalue weighted by Gasteiger charge is 2.14. The molecule has 4 aromatic rings. The standard InChI is InChI=1S/C24H22N3O2.HI/c1-27-14-12-19(13-15-27)24-25-16-22(17-4-8-20(28-2)9-5-17)23(26-24)18-6-10-21(29-3)11-7-18;/h4-16H,1-3H3;1H/q+1;/p-1. The van der Waals surface area contributed by atoms with Crippen LogP contribution >= 0.6 is 0 Å². The van der Waals surface area contributed by atoms with Crippen molar-refractivity contribution < 1.29 is 38.0 Å². The molecule has 0 radical (unpaired) electrons. The van der Waals surface area contributed by atoms with Gasteiger partial charge in [-0.2, -0.15) is 0 Å². The third-order valence-electron chi connectivity index (χ3n) is 4.79. The Balaban J connectivity index is 0.00000256. The van der Waals surface area contributed by atoms with Crippen LogP contribution in [0.4, 0.5) is 0 Å². The van der Waals surface area contributed by atoms with E-state index in [0.29, 0.717) is 5.82 Å². The van der Waals surface area contributed by atoms with E-state index in [-0.39, 0.29) is 24.0 Å². The van der Waals surface area contributed by atoms with Crippen molar-refractivity contribution >= 4 is 0 Å². The van der Waals surface area contributed by atoms with Gasteiger partial charge in [0.25, 0.3) is 0 Å². The summed E-state index contributed by atoms with van der Waals surface area (Å²) in [5.41, 5.74) is 4.84. The molecule has 0 unspecified atom stereocenters. The molecule has 0 aliphatic rings. The van der Waals surface area contributed by atoms with E-state index < -0.39 is 0 Å². The normalized spacial score (nSPS) is 10.2. The van der Waals surface area contributed by atoms with Gasteiger partial charge in [-0.05, 0) is 42.0 Å². The van der Waals surface area contributed by atoms with Crippen molar-refractivity contribution in [1.82, 2.24) is 9.97 Å². The van der Waals surface area contributed by atoms with E-state index in [1.807, 2.05) is 90.9 Å². The number of ether oxygens (including phenoxy) is 2. The number of methoxy groups -OCH3 is 2. The molecule has 0 fully saturated rings. The van der Waals surface area contributed by atoms with Crippen LogP contribution < -0.4 is 38.0 Å². The summed E-state index contributed by atoms with van der Waals surface area (Å²) < 4.78 is 12.6. The second-order valence-corrected chi connectivity index (χ2v) is 6.67. The van der Waals surface area contributed by atoms with Crippen LogP contribution in [0.5, 0.6) is 11.5 Å². The van der Waals surface area contributed by atoms with Gasteiger partial charge in [-0.25, -0.2) is 14.5 Å².